The minimum Gasteiger partial charge on any atom is -0.485 e. The first-order chi connectivity index (χ1) is 18.6. The molecule has 0 saturated carbocycles. The third-order valence-corrected chi connectivity index (χ3v) is 7.52. The molecule has 1 N–H and O–H groups in total. The number of pyridine rings is 1. The quantitative estimate of drug-likeness (QED) is 0.230. The van der Waals surface area contributed by atoms with Crippen molar-refractivity contribution in [2.24, 2.45) is 0 Å². The number of aryl methyl sites for hydroxylation is 1. The first-order valence-corrected chi connectivity index (χ1v) is 13.1. The van der Waals surface area contributed by atoms with Crippen LogP contribution in [-0.4, -0.2) is 50.4 Å². The number of halogens is 2. The largest absolute Gasteiger partial charge is 0.485 e. The molecule has 3 heterocycles. The molecular formula is C27H23ClFN5O4S. The van der Waals surface area contributed by atoms with Gasteiger partial charge < -0.3 is 14.6 Å². The van der Waals surface area contributed by atoms with Crippen molar-refractivity contribution in [2.75, 3.05) is 12.0 Å². The molecule has 12 heteroatoms. The average molecular weight is 568 g/mol. The van der Waals surface area contributed by atoms with Gasteiger partial charge in [-0.15, -0.1) is 11.3 Å². The number of anilines is 1. The topological polar surface area (TPSA) is 111 Å². The average Bonchev–Trinajstić information content (AvgIpc) is 3.31. The van der Waals surface area contributed by atoms with Crippen LogP contribution in [0, 0.1) is 12.7 Å². The molecule has 1 amide bonds. The molecule has 200 valence electrons. The molecular weight excluding hydrogens is 545 g/mol. The second-order valence-corrected chi connectivity index (χ2v) is 10.3. The van der Waals surface area contributed by atoms with Crippen LogP contribution in [0.2, 0.25) is 5.02 Å². The van der Waals surface area contributed by atoms with Gasteiger partial charge in [0.05, 0.1) is 52.5 Å². The van der Waals surface area contributed by atoms with Gasteiger partial charge in [0.2, 0.25) is 5.88 Å². The maximum atomic E-state index is 15.1. The van der Waals surface area contributed by atoms with Gasteiger partial charge in [-0.25, -0.2) is 24.1 Å². The summed E-state index contributed by atoms with van der Waals surface area (Å²) in [5, 5.41) is 10.9. The summed E-state index contributed by atoms with van der Waals surface area (Å²) in [5.74, 6) is -0.269. The molecule has 39 heavy (non-hydrogen) atoms. The van der Waals surface area contributed by atoms with Gasteiger partial charge >= 0.3 is 6.09 Å². The Morgan fingerprint density at radius 2 is 1.90 bits per heavy atom. The number of hydrogen-bond acceptors (Lipinski definition) is 8. The number of hydrogen-bond donors (Lipinski definition) is 1. The fraction of sp³-hybridized carbons (Fsp3) is 0.222. The van der Waals surface area contributed by atoms with Gasteiger partial charge in [-0.2, -0.15) is 0 Å². The van der Waals surface area contributed by atoms with Crippen LogP contribution >= 0.6 is 22.9 Å². The predicted octanol–water partition coefficient (Wildman–Crippen LogP) is 6.75. The third kappa shape index (κ3) is 5.27. The molecule has 5 aromatic rings. The highest BCUT2D eigenvalue weighted by Crippen LogP contribution is 2.38. The molecule has 0 fully saturated rings. The maximum Gasteiger partial charge on any atom is 0.412 e. The molecule has 0 radical (unpaired) electrons. The monoisotopic (exact) mass is 567 g/mol. The highest BCUT2D eigenvalue weighted by atomic mass is 35.5. The number of thiazole rings is 1. The molecule has 2 unspecified atom stereocenters. The molecule has 0 aliphatic carbocycles. The summed E-state index contributed by atoms with van der Waals surface area (Å²) >= 11 is 7.67. The van der Waals surface area contributed by atoms with Crippen LogP contribution in [0.4, 0.5) is 14.9 Å². The van der Waals surface area contributed by atoms with Crippen molar-refractivity contribution in [2.45, 2.75) is 32.9 Å². The molecule has 3 aromatic heterocycles. The number of fused-ring (bicyclic) bond motifs is 2. The summed E-state index contributed by atoms with van der Waals surface area (Å²) in [6, 6.07) is 9.03. The van der Waals surface area contributed by atoms with E-state index in [0.29, 0.717) is 48.4 Å². The SMILES string of the molecule is COc1cnc2c(-c3nc4cc(F)c(OC(C)C(C)N(C(=O)O)c5ccc(C)nc5)cc4s3)cc(Cl)cc2n1. The van der Waals surface area contributed by atoms with Crippen molar-refractivity contribution < 1.29 is 23.8 Å². The van der Waals surface area contributed by atoms with Crippen LogP contribution in [0.1, 0.15) is 19.5 Å². The summed E-state index contributed by atoms with van der Waals surface area (Å²) in [4.78, 5) is 30.9. The van der Waals surface area contributed by atoms with E-state index in [-0.39, 0.29) is 5.75 Å². The van der Waals surface area contributed by atoms with E-state index in [9.17, 15) is 9.90 Å². The van der Waals surface area contributed by atoms with Crippen molar-refractivity contribution in [3.8, 4) is 22.2 Å². The van der Waals surface area contributed by atoms with Gasteiger partial charge in [0.25, 0.3) is 0 Å². The summed E-state index contributed by atoms with van der Waals surface area (Å²) in [6.45, 7) is 5.20. The van der Waals surface area contributed by atoms with E-state index in [0.717, 1.165) is 10.6 Å². The van der Waals surface area contributed by atoms with E-state index in [1.54, 1.807) is 44.2 Å². The number of amides is 1. The summed E-state index contributed by atoms with van der Waals surface area (Å²) < 4.78 is 26.9. The molecule has 0 bridgehead atoms. The van der Waals surface area contributed by atoms with Crippen molar-refractivity contribution in [3.63, 3.8) is 0 Å². The first kappa shape index (κ1) is 26.5. The van der Waals surface area contributed by atoms with E-state index in [4.69, 9.17) is 21.1 Å². The van der Waals surface area contributed by atoms with Gasteiger partial charge in [-0.3, -0.25) is 9.88 Å². The zero-order valence-electron chi connectivity index (χ0n) is 21.3. The molecule has 2 atom stereocenters. The lowest BCUT2D eigenvalue weighted by Crippen LogP contribution is -2.46. The second-order valence-electron chi connectivity index (χ2n) is 8.88. The van der Waals surface area contributed by atoms with Crippen molar-refractivity contribution in [3.05, 3.63) is 65.3 Å². The summed E-state index contributed by atoms with van der Waals surface area (Å²) in [6.07, 6.45) is 1.14. The van der Waals surface area contributed by atoms with E-state index < -0.39 is 24.1 Å². The number of carboxylic acid groups (broad SMARTS) is 1. The van der Waals surface area contributed by atoms with Crippen LogP contribution in [0.15, 0.2) is 48.8 Å². The Balaban J connectivity index is 1.46. The van der Waals surface area contributed by atoms with Crippen LogP contribution in [0.5, 0.6) is 11.6 Å². The third-order valence-electron chi connectivity index (χ3n) is 6.25. The van der Waals surface area contributed by atoms with Gasteiger partial charge in [0, 0.05) is 28.4 Å². The van der Waals surface area contributed by atoms with Crippen LogP contribution in [-0.2, 0) is 0 Å². The standard InChI is InChI=1S/C27H23ClFN5O4S/c1-13-5-6-17(11-30-13)34(27(35)36)14(2)15(3)38-22-10-23-20(9-19(22)29)33-26(39-23)18-7-16(28)8-21-25(18)31-12-24(32-21)37-4/h5-12,14-15H,1-4H3,(H,35,36). The second kappa shape index (κ2) is 10.6. The van der Waals surface area contributed by atoms with E-state index >= 15 is 4.39 Å². The lowest BCUT2D eigenvalue weighted by Gasteiger charge is -2.31. The van der Waals surface area contributed by atoms with Crippen molar-refractivity contribution in [1.29, 1.82) is 0 Å². The summed E-state index contributed by atoms with van der Waals surface area (Å²) in [7, 11) is 1.50. The predicted molar refractivity (Wildman–Crippen MR) is 149 cm³/mol. The molecule has 0 aliphatic rings. The fourth-order valence-electron chi connectivity index (χ4n) is 4.10. The number of ether oxygens (including phenoxy) is 2. The molecule has 2 aromatic carbocycles. The Kier molecular flexibility index (Phi) is 7.19. The number of benzene rings is 2. The molecule has 0 spiro atoms. The smallest absolute Gasteiger partial charge is 0.412 e. The molecule has 5 rings (SSSR count). The maximum absolute atomic E-state index is 15.1. The van der Waals surface area contributed by atoms with E-state index in [2.05, 4.69) is 19.9 Å². The number of nitrogens with zero attached hydrogens (tertiary/aromatic N) is 5. The highest BCUT2D eigenvalue weighted by Gasteiger charge is 2.28. The Bertz CT molecular complexity index is 1700. The van der Waals surface area contributed by atoms with Gasteiger partial charge in [0.15, 0.2) is 11.6 Å². The number of methoxy groups -OCH3 is 1. The van der Waals surface area contributed by atoms with E-state index in [1.165, 1.54) is 36.9 Å². The Hall–Kier alpha value is -4.09. The number of aromatic nitrogens is 4. The molecule has 0 aliphatic heterocycles. The van der Waals surface area contributed by atoms with Gasteiger partial charge in [0.1, 0.15) is 11.1 Å². The Morgan fingerprint density at radius 1 is 1.10 bits per heavy atom. The molecule has 9 nitrogen and oxygen atoms in total. The molecule has 0 saturated heterocycles. The number of carbonyl (C=O) groups is 1. The zero-order valence-corrected chi connectivity index (χ0v) is 22.9. The fourth-order valence-corrected chi connectivity index (χ4v) is 5.31. The lowest BCUT2D eigenvalue weighted by atomic mass is 10.1. The van der Waals surface area contributed by atoms with Crippen LogP contribution in [0.3, 0.4) is 0 Å². The van der Waals surface area contributed by atoms with Crippen LogP contribution in [0.25, 0.3) is 31.8 Å². The Morgan fingerprint density at radius 3 is 2.59 bits per heavy atom. The minimum atomic E-state index is -1.17. The first-order valence-electron chi connectivity index (χ1n) is 11.9. The van der Waals surface area contributed by atoms with Gasteiger partial charge in [-0.05, 0) is 45.0 Å². The van der Waals surface area contributed by atoms with Crippen molar-refractivity contribution >= 4 is 56.0 Å². The van der Waals surface area contributed by atoms with Crippen molar-refractivity contribution in [1.82, 2.24) is 19.9 Å². The Labute approximate surface area is 231 Å². The highest BCUT2D eigenvalue weighted by molar-refractivity contribution is 7.21. The van der Waals surface area contributed by atoms with Crippen LogP contribution < -0.4 is 14.4 Å². The number of rotatable bonds is 7. The normalized spacial score (nSPS) is 12.9. The lowest BCUT2D eigenvalue weighted by molar-refractivity contribution is 0.167. The zero-order chi connectivity index (χ0) is 27.8. The van der Waals surface area contributed by atoms with Gasteiger partial charge in [-0.1, -0.05) is 11.6 Å². The van der Waals surface area contributed by atoms with E-state index in [1.807, 2.05) is 6.92 Å². The summed E-state index contributed by atoms with van der Waals surface area (Å²) in [5.41, 5.74) is 3.38. The minimum absolute atomic E-state index is 0.00935.